The van der Waals surface area contributed by atoms with Crippen molar-refractivity contribution in [3.8, 4) is 5.75 Å². The van der Waals surface area contributed by atoms with Gasteiger partial charge in [0, 0.05) is 5.69 Å². The quantitative estimate of drug-likeness (QED) is 0.434. The van der Waals surface area contributed by atoms with Crippen molar-refractivity contribution < 1.29 is 38.3 Å². The first-order valence-electron chi connectivity index (χ1n) is 8.88. The van der Waals surface area contributed by atoms with Crippen LogP contribution in [0.4, 0.5) is 5.69 Å². The molecule has 9 nitrogen and oxygen atoms in total. The Hall–Kier alpha value is -2.21. The van der Waals surface area contributed by atoms with Gasteiger partial charge in [-0.05, 0) is 43.3 Å². The summed E-state index contributed by atoms with van der Waals surface area (Å²) in [7, 11) is -3.75. The molecular formula is C19H23NO8S. The summed E-state index contributed by atoms with van der Waals surface area (Å²) in [5.41, 5.74) is 1.24. The normalized spacial score (nSPS) is 27.4. The van der Waals surface area contributed by atoms with Crippen molar-refractivity contribution in [2.45, 2.75) is 42.5 Å². The van der Waals surface area contributed by atoms with E-state index < -0.39 is 47.3 Å². The molecule has 10 heteroatoms. The highest BCUT2D eigenvalue weighted by Crippen LogP contribution is 2.26. The van der Waals surface area contributed by atoms with E-state index in [4.69, 9.17) is 9.47 Å². The maximum Gasteiger partial charge on any atom is 0.261 e. The molecule has 1 aliphatic rings. The number of hydrogen-bond donors (Lipinski definition) is 5. The van der Waals surface area contributed by atoms with Gasteiger partial charge in [-0.1, -0.05) is 17.7 Å². The first-order chi connectivity index (χ1) is 13.7. The van der Waals surface area contributed by atoms with Gasteiger partial charge in [-0.3, -0.25) is 4.72 Å². The zero-order valence-corrected chi connectivity index (χ0v) is 16.4. The van der Waals surface area contributed by atoms with Crippen molar-refractivity contribution in [1.82, 2.24) is 0 Å². The van der Waals surface area contributed by atoms with Crippen LogP contribution in [0.3, 0.4) is 0 Å². The van der Waals surface area contributed by atoms with Crippen LogP contribution in [0, 0.1) is 6.92 Å². The summed E-state index contributed by atoms with van der Waals surface area (Å²) in [6.07, 6.45) is -6.97. The Balaban J connectivity index is 1.68. The first kappa shape index (κ1) is 21.5. The lowest BCUT2D eigenvalue weighted by Gasteiger charge is -2.39. The molecule has 0 saturated carbocycles. The predicted octanol–water partition coefficient (Wildman–Crippen LogP) is -0.0255. The third-order valence-electron chi connectivity index (χ3n) is 4.54. The van der Waals surface area contributed by atoms with Crippen LogP contribution < -0.4 is 9.46 Å². The van der Waals surface area contributed by atoms with E-state index in [2.05, 4.69) is 4.72 Å². The van der Waals surface area contributed by atoms with E-state index in [1.54, 1.807) is 12.1 Å². The molecule has 0 unspecified atom stereocenters. The maximum atomic E-state index is 12.4. The molecule has 1 aliphatic heterocycles. The Morgan fingerprint density at radius 2 is 1.59 bits per heavy atom. The summed E-state index contributed by atoms with van der Waals surface area (Å²) in [5, 5.41) is 38.8. The van der Waals surface area contributed by atoms with E-state index >= 15 is 0 Å². The third-order valence-corrected chi connectivity index (χ3v) is 5.94. The van der Waals surface area contributed by atoms with E-state index in [1.807, 2.05) is 6.92 Å². The van der Waals surface area contributed by atoms with E-state index in [0.29, 0.717) is 5.69 Å². The zero-order valence-electron chi connectivity index (χ0n) is 15.5. The molecule has 2 aromatic carbocycles. The van der Waals surface area contributed by atoms with Crippen molar-refractivity contribution in [1.29, 1.82) is 0 Å². The Bertz CT molecular complexity index is 914. The van der Waals surface area contributed by atoms with Gasteiger partial charge < -0.3 is 29.9 Å². The Morgan fingerprint density at radius 1 is 0.966 bits per heavy atom. The number of ether oxygens (including phenoxy) is 2. The van der Waals surface area contributed by atoms with Crippen molar-refractivity contribution in [3.05, 3.63) is 54.1 Å². The molecule has 5 atom stereocenters. The van der Waals surface area contributed by atoms with Crippen LogP contribution in [-0.2, 0) is 14.8 Å². The number of aliphatic hydroxyl groups is 4. The second-order valence-corrected chi connectivity index (χ2v) is 8.44. The summed E-state index contributed by atoms with van der Waals surface area (Å²) in [6.45, 7) is 1.29. The van der Waals surface area contributed by atoms with Crippen LogP contribution >= 0.6 is 0 Å². The maximum absolute atomic E-state index is 12.4. The number of benzene rings is 2. The Labute approximate surface area is 168 Å². The molecule has 158 valence electrons. The van der Waals surface area contributed by atoms with Gasteiger partial charge in [0.25, 0.3) is 10.0 Å². The largest absolute Gasteiger partial charge is 0.462 e. The number of sulfonamides is 1. The van der Waals surface area contributed by atoms with E-state index in [1.165, 1.54) is 36.4 Å². The van der Waals surface area contributed by atoms with E-state index in [9.17, 15) is 28.8 Å². The van der Waals surface area contributed by atoms with Gasteiger partial charge >= 0.3 is 0 Å². The lowest BCUT2D eigenvalue weighted by atomic mass is 9.99. The van der Waals surface area contributed by atoms with Gasteiger partial charge in [-0.15, -0.1) is 0 Å². The average molecular weight is 425 g/mol. The van der Waals surface area contributed by atoms with Crippen LogP contribution in [-0.4, -0.2) is 66.2 Å². The fourth-order valence-corrected chi connectivity index (χ4v) is 3.89. The summed E-state index contributed by atoms with van der Waals surface area (Å²) in [6, 6.07) is 12.2. The van der Waals surface area contributed by atoms with Crippen LogP contribution in [0.1, 0.15) is 5.56 Å². The summed E-state index contributed by atoms with van der Waals surface area (Å²) < 4.78 is 38.0. The summed E-state index contributed by atoms with van der Waals surface area (Å²) in [4.78, 5) is 0.129. The van der Waals surface area contributed by atoms with Gasteiger partial charge in [-0.2, -0.15) is 0 Å². The fraction of sp³-hybridized carbons (Fsp3) is 0.368. The topological polar surface area (TPSA) is 146 Å². The fourth-order valence-electron chi connectivity index (χ4n) is 2.83. The summed E-state index contributed by atoms with van der Waals surface area (Å²) in [5.74, 6) is 0.229. The average Bonchev–Trinajstić information content (AvgIpc) is 2.70. The van der Waals surface area contributed by atoms with Crippen LogP contribution in [0.25, 0.3) is 0 Å². The highest BCUT2D eigenvalue weighted by molar-refractivity contribution is 7.92. The lowest BCUT2D eigenvalue weighted by Crippen LogP contribution is -2.60. The van der Waals surface area contributed by atoms with Crippen molar-refractivity contribution in [3.63, 3.8) is 0 Å². The number of nitrogens with one attached hydrogen (secondary N) is 1. The van der Waals surface area contributed by atoms with Gasteiger partial charge in [0.05, 0.1) is 11.5 Å². The molecule has 5 N–H and O–H groups in total. The second kappa shape index (κ2) is 8.66. The van der Waals surface area contributed by atoms with Gasteiger partial charge in [0.1, 0.15) is 30.2 Å². The second-order valence-electron chi connectivity index (χ2n) is 6.76. The van der Waals surface area contributed by atoms with E-state index in [-0.39, 0.29) is 10.6 Å². The zero-order chi connectivity index (χ0) is 21.2. The minimum atomic E-state index is -3.75. The minimum Gasteiger partial charge on any atom is -0.462 e. The van der Waals surface area contributed by atoms with Crippen molar-refractivity contribution >= 4 is 15.7 Å². The minimum absolute atomic E-state index is 0.129. The third kappa shape index (κ3) is 4.86. The molecule has 1 saturated heterocycles. The first-order valence-corrected chi connectivity index (χ1v) is 10.4. The molecule has 1 fully saturated rings. The number of hydrogen-bond acceptors (Lipinski definition) is 8. The highest BCUT2D eigenvalue weighted by atomic mass is 32.2. The Kier molecular flexibility index (Phi) is 6.42. The number of aliphatic hydroxyl groups excluding tert-OH is 4. The van der Waals surface area contributed by atoms with Crippen molar-refractivity contribution in [2.75, 3.05) is 11.3 Å². The summed E-state index contributed by atoms with van der Waals surface area (Å²) >= 11 is 0. The highest BCUT2D eigenvalue weighted by Gasteiger charge is 2.44. The molecule has 29 heavy (non-hydrogen) atoms. The van der Waals surface area contributed by atoms with E-state index in [0.717, 1.165) is 5.56 Å². The molecule has 0 radical (unpaired) electrons. The molecule has 0 spiro atoms. The van der Waals surface area contributed by atoms with Crippen molar-refractivity contribution in [2.24, 2.45) is 0 Å². The number of anilines is 1. The predicted molar refractivity (Wildman–Crippen MR) is 103 cm³/mol. The molecule has 1 heterocycles. The van der Waals surface area contributed by atoms with Gasteiger partial charge in [0.15, 0.2) is 0 Å². The number of rotatable bonds is 6. The molecule has 3 rings (SSSR count). The van der Waals surface area contributed by atoms with Gasteiger partial charge in [0.2, 0.25) is 6.29 Å². The molecule has 0 aliphatic carbocycles. The van der Waals surface area contributed by atoms with Gasteiger partial charge in [-0.25, -0.2) is 8.42 Å². The van der Waals surface area contributed by atoms with Crippen LogP contribution in [0.2, 0.25) is 0 Å². The monoisotopic (exact) mass is 425 g/mol. The SMILES string of the molecule is Cc1ccc(S(=O)(=O)Nc2ccc(O[C@H]3O[C@H](CO)[C@@H](O)[C@H](O)[C@H]3O)cc2)cc1. The molecule has 0 amide bonds. The molecule has 0 bridgehead atoms. The molecule has 2 aromatic rings. The van der Waals surface area contributed by atoms with Crippen LogP contribution in [0.5, 0.6) is 5.75 Å². The number of aryl methyl sites for hydroxylation is 1. The molecular weight excluding hydrogens is 402 g/mol. The van der Waals surface area contributed by atoms with Crippen LogP contribution in [0.15, 0.2) is 53.4 Å². The molecule has 0 aromatic heterocycles. The Morgan fingerprint density at radius 3 is 2.17 bits per heavy atom. The lowest BCUT2D eigenvalue weighted by molar-refractivity contribution is -0.277. The standard InChI is InChI=1S/C19H23NO8S/c1-11-2-8-14(9-3-11)29(25,26)20-12-4-6-13(7-5-12)27-19-18(24)17(23)16(22)15(10-21)28-19/h2-9,15-24H,10H2,1H3/t15-,16-,17+,18-,19+/m1/s1. The smallest absolute Gasteiger partial charge is 0.261 e.